The third-order valence-corrected chi connectivity index (χ3v) is 3.09. The van der Waals surface area contributed by atoms with Crippen LogP contribution in [0.25, 0.3) is 0 Å². The van der Waals surface area contributed by atoms with Gasteiger partial charge in [-0.15, -0.1) is 0 Å². The first-order valence-corrected chi connectivity index (χ1v) is 6.27. The van der Waals surface area contributed by atoms with Crippen molar-refractivity contribution in [3.05, 3.63) is 33.1 Å². The van der Waals surface area contributed by atoms with Crippen molar-refractivity contribution in [2.75, 3.05) is 6.54 Å². The second-order valence-electron chi connectivity index (χ2n) is 4.78. The van der Waals surface area contributed by atoms with Crippen LogP contribution in [0.4, 0.5) is 13.2 Å². The van der Waals surface area contributed by atoms with Crippen molar-refractivity contribution in [3.63, 3.8) is 0 Å². The Labute approximate surface area is 125 Å². The van der Waals surface area contributed by atoms with Gasteiger partial charge in [0.05, 0.1) is 0 Å². The van der Waals surface area contributed by atoms with Crippen LogP contribution < -0.4 is 16.6 Å². The third kappa shape index (κ3) is 3.78. The standard InChI is InChI=1S/C11H12F3N3O6/c12-11(13,14)3-15-8(21)7-5(19)6(20)9(23-7)17-2-1-4(18)16-10(17)22/h1-2,5-7,9,19-20H,3H2,(H,15,21)(H,16,18,22)/t5-,6+,7-,9+/m0/s1. The highest BCUT2D eigenvalue weighted by Crippen LogP contribution is 2.28. The second-order valence-corrected chi connectivity index (χ2v) is 4.78. The predicted molar refractivity (Wildman–Crippen MR) is 66.3 cm³/mol. The quantitative estimate of drug-likeness (QED) is 0.495. The molecule has 9 nitrogen and oxygen atoms in total. The number of halogens is 3. The van der Waals surface area contributed by atoms with Gasteiger partial charge in [-0.1, -0.05) is 0 Å². The van der Waals surface area contributed by atoms with Crippen molar-refractivity contribution in [1.29, 1.82) is 0 Å². The van der Waals surface area contributed by atoms with Crippen LogP contribution in [0.3, 0.4) is 0 Å². The lowest BCUT2D eigenvalue weighted by molar-refractivity contribution is -0.149. The summed E-state index contributed by atoms with van der Waals surface area (Å²) >= 11 is 0. The zero-order chi connectivity index (χ0) is 17.4. The van der Waals surface area contributed by atoms with Gasteiger partial charge in [-0.3, -0.25) is 19.1 Å². The number of nitrogens with one attached hydrogen (secondary N) is 2. The van der Waals surface area contributed by atoms with Gasteiger partial charge >= 0.3 is 11.9 Å². The molecule has 2 heterocycles. The number of aromatic nitrogens is 2. The summed E-state index contributed by atoms with van der Waals surface area (Å²) < 4.78 is 41.9. The molecule has 1 saturated heterocycles. The molecule has 4 atom stereocenters. The number of carbonyl (C=O) groups is 1. The molecule has 0 aromatic carbocycles. The summed E-state index contributed by atoms with van der Waals surface area (Å²) in [6.45, 7) is -1.64. The van der Waals surface area contributed by atoms with E-state index >= 15 is 0 Å². The van der Waals surface area contributed by atoms with Crippen LogP contribution in [0.2, 0.25) is 0 Å². The summed E-state index contributed by atoms with van der Waals surface area (Å²) in [5.74, 6) is -1.30. The molecule has 0 aliphatic carbocycles. The van der Waals surface area contributed by atoms with E-state index in [1.54, 1.807) is 0 Å². The van der Waals surface area contributed by atoms with E-state index in [2.05, 4.69) is 0 Å². The number of nitrogens with zero attached hydrogens (tertiary/aromatic N) is 1. The first-order valence-electron chi connectivity index (χ1n) is 6.27. The Hall–Kier alpha value is -2.18. The molecule has 23 heavy (non-hydrogen) atoms. The van der Waals surface area contributed by atoms with E-state index in [-0.39, 0.29) is 0 Å². The van der Waals surface area contributed by atoms with Crippen LogP contribution in [0.15, 0.2) is 21.9 Å². The van der Waals surface area contributed by atoms with Crippen molar-refractivity contribution in [2.24, 2.45) is 0 Å². The molecule has 128 valence electrons. The molecule has 0 saturated carbocycles. The summed E-state index contributed by atoms with van der Waals surface area (Å²) in [5.41, 5.74) is -1.70. The molecule has 1 fully saturated rings. The smallest absolute Gasteiger partial charge is 0.387 e. The molecule has 1 aliphatic rings. The highest BCUT2D eigenvalue weighted by Gasteiger charge is 2.48. The van der Waals surface area contributed by atoms with E-state index < -0.39 is 54.4 Å². The van der Waals surface area contributed by atoms with Gasteiger partial charge < -0.3 is 20.3 Å². The number of ether oxygens (including phenoxy) is 1. The average molecular weight is 339 g/mol. The summed E-state index contributed by atoms with van der Waals surface area (Å²) in [7, 11) is 0. The molecule has 1 amide bonds. The van der Waals surface area contributed by atoms with Gasteiger partial charge in [0.1, 0.15) is 18.8 Å². The number of hydrogen-bond donors (Lipinski definition) is 4. The lowest BCUT2D eigenvalue weighted by Gasteiger charge is -2.16. The first-order chi connectivity index (χ1) is 10.6. The minimum Gasteiger partial charge on any atom is -0.387 e. The number of aromatic amines is 1. The molecule has 0 radical (unpaired) electrons. The topological polar surface area (TPSA) is 134 Å². The fourth-order valence-electron chi connectivity index (χ4n) is 2.02. The number of carbonyl (C=O) groups excluding carboxylic acids is 1. The van der Waals surface area contributed by atoms with Gasteiger partial charge in [0, 0.05) is 12.3 Å². The first kappa shape index (κ1) is 17.2. The van der Waals surface area contributed by atoms with Gasteiger partial charge in [-0.2, -0.15) is 13.2 Å². The molecule has 1 aliphatic heterocycles. The number of aliphatic hydroxyl groups is 2. The Bertz CT molecular complexity index is 699. The maximum absolute atomic E-state index is 12.1. The lowest BCUT2D eigenvalue weighted by atomic mass is 10.1. The van der Waals surface area contributed by atoms with Gasteiger partial charge in [0.25, 0.3) is 11.5 Å². The molecular weight excluding hydrogens is 327 g/mol. The molecule has 0 bridgehead atoms. The maximum Gasteiger partial charge on any atom is 0.405 e. The Morgan fingerprint density at radius 1 is 1.35 bits per heavy atom. The van der Waals surface area contributed by atoms with Crippen LogP contribution in [0.1, 0.15) is 6.23 Å². The van der Waals surface area contributed by atoms with Crippen molar-refractivity contribution >= 4 is 5.91 Å². The van der Waals surface area contributed by atoms with Gasteiger partial charge in [0.15, 0.2) is 12.3 Å². The average Bonchev–Trinajstić information content (AvgIpc) is 2.72. The monoisotopic (exact) mass is 339 g/mol. The second kappa shape index (κ2) is 6.14. The highest BCUT2D eigenvalue weighted by molar-refractivity contribution is 5.81. The molecule has 1 aromatic rings. The van der Waals surface area contributed by atoms with Crippen LogP contribution in [0.5, 0.6) is 0 Å². The molecular formula is C11H12F3N3O6. The van der Waals surface area contributed by atoms with Crippen molar-refractivity contribution in [3.8, 4) is 0 Å². The lowest BCUT2D eigenvalue weighted by Crippen LogP contribution is -2.45. The number of alkyl halides is 3. The van der Waals surface area contributed by atoms with Crippen molar-refractivity contribution in [1.82, 2.24) is 14.9 Å². The zero-order valence-corrected chi connectivity index (χ0v) is 11.3. The third-order valence-electron chi connectivity index (χ3n) is 3.09. The van der Waals surface area contributed by atoms with Crippen LogP contribution in [-0.4, -0.2) is 56.7 Å². The summed E-state index contributed by atoms with van der Waals surface area (Å²) in [6.07, 6.45) is -10.7. The SMILES string of the molecule is O=C(NCC(F)(F)F)[C@H]1O[C@@H](n2ccc(=O)[nH]c2=O)[C@H](O)[C@@H]1O. The van der Waals surface area contributed by atoms with Crippen LogP contribution in [0, 0.1) is 0 Å². The van der Waals surface area contributed by atoms with Crippen molar-refractivity contribution in [2.45, 2.75) is 30.7 Å². The fraction of sp³-hybridized carbons (Fsp3) is 0.545. The molecule has 12 heteroatoms. The highest BCUT2D eigenvalue weighted by atomic mass is 19.4. The van der Waals surface area contributed by atoms with Crippen molar-refractivity contribution < 1.29 is 32.9 Å². The Morgan fingerprint density at radius 2 is 2.00 bits per heavy atom. The summed E-state index contributed by atoms with van der Waals surface area (Å²) in [5, 5.41) is 21.1. The van der Waals surface area contributed by atoms with E-state index in [1.165, 1.54) is 5.32 Å². The molecule has 4 N–H and O–H groups in total. The fourth-order valence-corrected chi connectivity index (χ4v) is 2.02. The van der Waals surface area contributed by atoms with E-state index in [0.29, 0.717) is 4.57 Å². The van der Waals surface area contributed by atoms with E-state index in [9.17, 15) is 37.8 Å². The number of rotatable bonds is 3. The number of hydrogen-bond acceptors (Lipinski definition) is 6. The van der Waals surface area contributed by atoms with Gasteiger partial charge in [-0.05, 0) is 0 Å². The summed E-state index contributed by atoms with van der Waals surface area (Å²) in [4.78, 5) is 36.0. The van der Waals surface area contributed by atoms with Gasteiger partial charge in [0.2, 0.25) is 0 Å². The number of aliphatic hydroxyl groups excluding tert-OH is 2. The predicted octanol–water partition coefficient (Wildman–Crippen LogP) is -2.17. The number of amides is 1. The van der Waals surface area contributed by atoms with E-state index in [4.69, 9.17) is 4.74 Å². The molecule has 0 spiro atoms. The van der Waals surface area contributed by atoms with E-state index in [1.807, 2.05) is 4.98 Å². The van der Waals surface area contributed by atoms with Gasteiger partial charge in [-0.25, -0.2) is 4.79 Å². The maximum atomic E-state index is 12.1. The molecule has 0 unspecified atom stereocenters. The zero-order valence-electron chi connectivity index (χ0n) is 11.3. The normalized spacial score (nSPS) is 27.9. The van der Waals surface area contributed by atoms with E-state index in [0.717, 1.165) is 12.3 Å². The van der Waals surface area contributed by atoms with Crippen LogP contribution in [-0.2, 0) is 9.53 Å². The summed E-state index contributed by atoms with van der Waals surface area (Å²) in [6, 6.07) is 0.931. The Kier molecular flexibility index (Phi) is 4.58. The Morgan fingerprint density at radius 3 is 2.57 bits per heavy atom. The minimum absolute atomic E-state index is 0.701. The molecule has 2 rings (SSSR count). The minimum atomic E-state index is -4.66. The molecule has 1 aromatic heterocycles. The Balaban J connectivity index is 2.16. The number of H-pyrrole nitrogens is 1. The largest absolute Gasteiger partial charge is 0.405 e. The van der Waals surface area contributed by atoms with Crippen LogP contribution >= 0.6 is 0 Å².